The predicted octanol–water partition coefficient (Wildman–Crippen LogP) is 5.79. The van der Waals surface area contributed by atoms with Gasteiger partial charge in [-0.05, 0) is 31.4 Å². The molecule has 0 bridgehead atoms. The molecule has 5 nitrogen and oxygen atoms in total. The normalized spacial score (nSPS) is 11.4. The zero-order valence-corrected chi connectivity index (χ0v) is 20.3. The first kappa shape index (κ1) is 29.4. The van der Waals surface area contributed by atoms with Gasteiger partial charge >= 0.3 is 5.97 Å². The van der Waals surface area contributed by atoms with Crippen molar-refractivity contribution in [1.82, 2.24) is 0 Å². The van der Waals surface area contributed by atoms with Crippen LogP contribution in [-0.2, 0) is 25.6 Å². The molecule has 31 heavy (non-hydrogen) atoms. The van der Waals surface area contributed by atoms with Gasteiger partial charge in [0.05, 0.1) is 20.3 Å². The van der Waals surface area contributed by atoms with E-state index in [4.69, 9.17) is 21.1 Å². The number of hydrogen-bond acceptors (Lipinski definition) is 5. The van der Waals surface area contributed by atoms with E-state index in [-0.39, 0.29) is 45.3 Å². The van der Waals surface area contributed by atoms with Gasteiger partial charge < -0.3 is 19.3 Å². The summed E-state index contributed by atoms with van der Waals surface area (Å²) < 4.78 is 16.5. The van der Waals surface area contributed by atoms with Gasteiger partial charge in [-0.3, -0.25) is 4.79 Å². The maximum Gasteiger partial charge on any atom is 0.305 e. The van der Waals surface area contributed by atoms with Gasteiger partial charge in [0.2, 0.25) is 0 Å². The van der Waals surface area contributed by atoms with E-state index >= 15 is 0 Å². The van der Waals surface area contributed by atoms with Crippen LogP contribution in [0.5, 0.6) is 5.75 Å². The minimum atomic E-state index is -0.633. The smallest absolute Gasteiger partial charge is 0.305 e. The second-order valence-electron chi connectivity index (χ2n) is 6.39. The van der Waals surface area contributed by atoms with E-state index in [9.17, 15) is 9.90 Å². The number of carbonyl (C=O) groups excluding carboxylic acids is 1. The Labute approximate surface area is 203 Å². The molecule has 0 aliphatic carbocycles. The fourth-order valence-electron chi connectivity index (χ4n) is 2.62. The fourth-order valence-corrected chi connectivity index (χ4v) is 2.85. The fraction of sp³-hybridized carbons (Fsp3) is 0.348. The molecule has 0 saturated heterocycles. The number of esters is 1. The predicted molar refractivity (Wildman–Crippen MR) is 133 cm³/mol. The number of rotatable bonds is 12. The molecule has 1 atom stereocenters. The molecule has 0 amide bonds. The number of hydrogen-bond donors (Lipinski definition) is 1. The largest absolute Gasteiger partial charge is 0.508 e. The van der Waals surface area contributed by atoms with E-state index < -0.39 is 6.29 Å². The van der Waals surface area contributed by atoms with Crippen molar-refractivity contribution >= 4 is 44.6 Å². The van der Waals surface area contributed by atoms with Crippen molar-refractivity contribution in [2.45, 2.75) is 38.6 Å². The van der Waals surface area contributed by atoms with Crippen molar-refractivity contribution in [3.63, 3.8) is 0 Å². The quantitative estimate of drug-likeness (QED) is 0.178. The van der Waals surface area contributed by atoms with Crippen molar-refractivity contribution in [3.8, 4) is 5.75 Å². The SMILES string of the molecule is COC(=O)CC/C=C\CCCO[C@@H](OCc1ccccc1O)c1ccccc1Cl.S.S. The van der Waals surface area contributed by atoms with Crippen molar-refractivity contribution in [3.05, 3.63) is 76.8 Å². The summed E-state index contributed by atoms with van der Waals surface area (Å²) in [6.07, 6.45) is 6.05. The van der Waals surface area contributed by atoms with Gasteiger partial charge in [0.25, 0.3) is 0 Å². The second-order valence-corrected chi connectivity index (χ2v) is 6.80. The first-order valence-electron chi connectivity index (χ1n) is 9.58. The molecule has 2 aromatic rings. The molecule has 0 unspecified atom stereocenters. The summed E-state index contributed by atoms with van der Waals surface area (Å²) in [5, 5.41) is 10.5. The van der Waals surface area contributed by atoms with Crippen LogP contribution in [0.2, 0.25) is 5.02 Å². The van der Waals surface area contributed by atoms with E-state index in [1.54, 1.807) is 24.3 Å². The summed E-state index contributed by atoms with van der Waals surface area (Å²) in [4.78, 5) is 11.1. The number of phenolic OH excluding ortho intramolecular Hbond substituents is 1. The van der Waals surface area contributed by atoms with Gasteiger partial charge in [-0.1, -0.05) is 60.2 Å². The Kier molecular flexibility index (Phi) is 16.1. The summed E-state index contributed by atoms with van der Waals surface area (Å²) in [6.45, 7) is 0.688. The van der Waals surface area contributed by atoms with Crippen LogP contribution < -0.4 is 0 Å². The van der Waals surface area contributed by atoms with Crippen LogP contribution in [0, 0.1) is 0 Å². The number of benzene rings is 2. The molecule has 0 fully saturated rings. The first-order chi connectivity index (χ1) is 14.1. The number of allylic oxidation sites excluding steroid dienone is 2. The van der Waals surface area contributed by atoms with Gasteiger partial charge in [-0.2, -0.15) is 27.0 Å². The van der Waals surface area contributed by atoms with Crippen molar-refractivity contribution in [2.24, 2.45) is 0 Å². The van der Waals surface area contributed by atoms with E-state index in [0.29, 0.717) is 30.0 Å². The summed E-state index contributed by atoms with van der Waals surface area (Å²) in [6, 6.07) is 14.4. The van der Waals surface area contributed by atoms with Crippen molar-refractivity contribution in [2.75, 3.05) is 13.7 Å². The monoisotopic (exact) mass is 486 g/mol. The Morgan fingerprint density at radius 2 is 1.71 bits per heavy atom. The Morgan fingerprint density at radius 1 is 1.03 bits per heavy atom. The Bertz CT molecular complexity index is 801. The average Bonchev–Trinajstić information content (AvgIpc) is 2.73. The van der Waals surface area contributed by atoms with Gasteiger partial charge in [0.1, 0.15) is 5.75 Å². The van der Waals surface area contributed by atoms with Crippen molar-refractivity contribution in [1.29, 1.82) is 0 Å². The number of halogens is 1. The van der Waals surface area contributed by atoms with Gasteiger partial charge in [-0.25, -0.2) is 0 Å². The van der Waals surface area contributed by atoms with Crippen LogP contribution in [0.4, 0.5) is 0 Å². The standard InChI is InChI=1S/C23H27ClO5.2H2S/c1-27-22(26)15-5-3-2-4-10-16-28-23(19-12-7-8-13-20(19)24)29-17-18-11-6-9-14-21(18)25;;/h2-3,6-9,11-14,23,25H,4-5,10,15-17H2,1H3;2*1H2/b3-2-;;/t23-;;/m0../s1. The summed E-state index contributed by atoms with van der Waals surface area (Å²) in [7, 11) is 1.39. The van der Waals surface area contributed by atoms with Crippen LogP contribution in [0.15, 0.2) is 60.7 Å². The minimum absolute atomic E-state index is 0. The third kappa shape index (κ3) is 11.0. The molecule has 0 aromatic heterocycles. The van der Waals surface area contributed by atoms with E-state index in [0.717, 1.165) is 18.4 Å². The molecule has 2 aromatic carbocycles. The summed E-state index contributed by atoms with van der Waals surface area (Å²) >= 11 is 6.31. The topological polar surface area (TPSA) is 65.0 Å². The van der Waals surface area contributed by atoms with E-state index in [2.05, 4.69) is 4.74 Å². The maximum atomic E-state index is 11.1. The second kappa shape index (κ2) is 17.0. The molecule has 0 radical (unpaired) electrons. The van der Waals surface area contributed by atoms with Crippen LogP contribution in [-0.4, -0.2) is 24.8 Å². The molecule has 8 heteroatoms. The number of methoxy groups -OCH3 is 1. The molecular formula is C23H31ClO5S2. The number of para-hydroxylation sites is 1. The lowest BCUT2D eigenvalue weighted by atomic mass is 10.2. The molecule has 172 valence electrons. The molecule has 1 N–H and O–H groups in total. The van der Waals surface area contributed by atoms with Crippen LogP contribution in [0.25, 0.3) is 0 Å². The zero-order valence-electron chi connectivity index (χ0n) is 17.6. The molecular weight excluding hydrogens is 456 g/mol. The highest BCUT2D eigenvalue weighted by Gasteiger charge is 2.16. The molecule has 0 aliphatic rings. The number of ether oxygens (including phenoxy) is 3. The highest BCUT2D eigenvalue weighted by molar-refractivity contribution is 7.59. The van der Waals surface area contributed by atoms with Crippen molar-refractivity contribution < 1.29 is 24.1 Å². The van der Waals surface area contributed by atoms with E-state index in [1.165, 1.54) is 7.11 Å². The average molecular weight is 487 g/mol. The lowest BCUT2D eigenvalue weighted by Gasteiger charge is -2.20. The molecule has 0 aliphatic heterocycles. The Morgan fingerprint density at radius 3 is 2.42 bits per heavy atom. The number of unbranched alkanes of at least 4 members (excludes halogenated alkanes) is 1. The van der Waals surface area contributed by atoms with Gasteiger partial charge in [-0.15, -0.1) is 0 Å². The van der Waals surface area contributed by atoms with Crippen LogP contribution in [0.3, 0.4) is 0 Å². The highest BCUT2D eigenvalue weighted by Crippen LogP contribution is 2.29. The lowest BCUT2D eigenvalue weighted by Crippen LogP contribution is -2.11. The maximum absolute atomic E-state index is 11.1. The van der Waals surface area contributed by atoms with E-state index in [1.807, 2.05) is 36.4 Å². The van der Waals surface area contributed by atoms with Gasteiger partial charge in [0.15, 0.2) is 6.29 Å². The van der Waals surface area contributed by atoms with Crippen LogP contribution >= 0.6 is 38.6 Å². The molecule has 0 spiro atoms. The number of phenols is 1. The Balaban J connectivity index is 0.00000450. The highest BCUT2D eigenvalue weighted by atomic mass is 35.5. The molecule has 0 heterocycles. The van der Waals surface area contributed by atoms with Gasteiger partial charge in [0, 0.05) is 22.6 Å². The lowest BCUT2D eigenvalue weighted by molar-refractivity contribution is -0.154. The van der Waals surface area contributed by atoms with Crippen LogP contribution in [0.1, 0.15) is 43.1 Å². The number of aromatic hydroxyl groups is 1. The molecule has 2 rings (SSSR count). The zero-order chi connectivity index (χ0) is 20.9. The third-order valence-corrected chi connectivity index (χ3v) is 4.58. The summed E-state index contributed by atoms with van der Waals surface area (Å²) in [5.41, 5.74) is 1.43. The minimum Gasteiger partial charge on any atom is -0.508 e. The first-order valence-corrected chi connectivity index (χ1v) is 9.96. The third-order valence-electron chi connectivity index (χ3n) is 4.23. The number of carbonyl (C=O) groups is 1. The Hall–Kier alpha value is -1.64. The summed E-state index contributed by atoms with van der Waals surface area (Å²) in [5.74, 6) is -0.0235. The molecule has 0 saturated carbocycles.